The van der Waals surface area contributed by atoms with Gasteiger partial charge in [-0.3, -0.25) is 9.71 Å². The number of aromatic nitrogens is 1. The average Bonchev–Trinajstić information content (AvgIpc) is 2.41. The number of rotatable bonds is 4. The van der Waals surface area contributed by atoms with Crippen LogP contribution in [-0.2, 0) is 10.0 Å². The summed E-state index contributed by atoms with van der Waals surface area (Å²) in [6.07, 6.45) is 3.00. The molecule has 0 bridgehead atoms. The van der Waals surface area contributed by atoms with Gasteiger partial charge >= 0.3 is 5.97 Å². The number of anilines is 1. The number of nitrogens with one attached hydrogen (secondary N) is 1. The van der Waals surface area contributed by atoms with Crippen LogP contribution in [0.1, 0.15) is 15.9 Å². The smallest absolute Gasteiger partial charge is 0.335 e. The third-order valence-electron chi connectivity index (χ3n) is 2.66. The maximum absolute atomic E-state index is 12.2. The molecule has 104 valence electrons. The summed E-state index contributed by atoms with van der Waals surface area (Å²) in [4.78, 5) is 14.6. The summed E-state index contributed by atoms with van der Waals surface area (Å²) in [5.74, 6) is -1.18. The Morgan fingerprint density at radius 3 is 2.70 bits per heavy atom. The van der Waals surface area contributed by atoms with Crippen molar-refractivity contribution in [2.45, 2.75) is 11.8 Å². The van der Waals surface area contributed by atoms with Gasteiger partial charge in [-0.1, -0.05) is 6.07 Å². The van der Waals surface area contributed by atoms with Crippen molar-refractivity contribution in [1.29, 1.82) is 0 Å². The van der Waals surface area contributed by atoms with Crippen LogP contribution in [0.25, 0.3) is 0 Å². The summed E-state index contributed by atoms with van der Waals surface area (Å²) in [6, 6.07) is 6.71. The fraction of sp³-hybridized carbons (Fsp3) is 0.0769. The van der Waals surface area contributed by atoms with Gasteiger partial charge in [-0.25, -0.2) is 13.2 Å². The first-order chi connectivity index (χ1) is 9.40. The number of hydrogen-bond acceptors (Lipinski definition) is 4. The van der Waals surface area contributed by atoms with Gasteiger partial charge in [0.05, 0.1) is 16.1 Å². The van der Waals surface area contributed by atoms with Gasteiger partial charge in [-0.05, 0) is 36.8 Å². The largest absolute Gasteiger partial charge is 0.478 e. The number of carboxylic acid groups (broad SMARTS) is 1. The second-order valence-corrected chi connectivity index (χ2v) is 5.81. The van der Waals surface area contributed by atoms with Crippen LogP contribution < -0.4 is 4.72 Å². The quantitative estimate of drug-likeness (QED) is 0.897. The minimum atomic E-state index is -3.83. The monoisotopic (exact) mass is 292 g/mol. The zero-order valence-electron chi connectivity index (χ0n) is 10.6. The molecule has 1 aromatic heterocycles. The molecule has 7 heteroatoms. The van der Waals surface area contributed by atoms with E-state index in [1.165, 1.54) is 36.7 Å². The highest BCUT2D eigenvalue weighted by atomic mass is 32.2. The van der Waals surface area contributed by atoms with Crippen molar-refractivity contribution in [2.24, 2.45) is 0 Å². The van der Waals surface area contributed by atoms with Gasteiger partial charge < -0.3 is 5.11 Å². The molecule has 1 aromatic carbocycles. The molecule has 0 aliphatic carbocycles. The molecule has 0 atom stereocenters. The van der Waals surface area contributed by atoms with E-state index in [9.17, 15) is 13.2 Å². The van der Waals surface area contributed by atoms with Gasteiger partial charge in [-0.15, -0.1) is 0 Å². The second kappa shape index (κ2) is 5.30. The van der Waals surface area contributed by atoms with Crippen LogP contribution in [0.5, 0.6) is 0 Å². The van der Waals surface area contributed by atoms with Crippen LogP contribution in [0.2, 0.25) is 0 Å². The number of sulfonamides is 1. The van der Waals surface area contributed by atoms with E-state index >= 15 is 0 Å². The standard InChI is InChI=1S/C13H12N2O4S/c1-9-8-14-6-5-12(9)15-20(18,19)11-4-2-3-10(7-11)13(16)17/h2-8H,1H3,(H,14,15)(H,16,17). The number of pyridine rings is 1. The predicted octanol–water partition coefficient (Wildman–Crippen LogP) is 1.89. The first-order valence-corrected chi connectivity index (χ1v) is 7.15. The minimum Gasteiger partial charge on any atom is -0.478 e. The molecule has 6 nitrogen and oxygen atoms in total. The van der Waals surface area contributed by atoms with Gasteiger partial charge in [0.2, 0.25) is 0 Å². The normalized spacial score (nSPS) is 11.1. The predicted molar refractivity (Wildman–Crippen MR) is 73.2 cm³/mol. The topological polar surface area (TPSA) is 96.4 Å². The van der Waals surface area contributed by atoms with Crippen molar-refractivity contribution >= 4 is 21.7 Å². The number of benzene rings is 1. The fourth-order valence-corrected chi connectivity index (χ4v) is 2.76. The lowest BCUT2D eigenvalue weighted by Gasteiger charge is -2.10. The van der Waals surface area contributed by atoms with Crippen molar-refractivity contribution in [1.82, 2.24) is 4.98 Å². The Morgan fingerprint density at radius 2 is 2.05 bits per heavy atom. The molecular formula is C13H12N2O4S. The molecule has 0 saturated heterocycles. The van der Waals surface area contributed by atoms with Gasteiger partial charge in [0.15, 0.2) is 0 Å². The molecule has 2 rings (SSSR count). The molecular weight excluding hydrogens is 280 g/mol. The Hall–Kier alpha value is -2.41. The van der Waals surface area contributed by atoms with Crippen molar-refractivity contribution in [3.05, 3.63) is 53.9 Å². The van der Waals surface area contributed by atoms with E-state index in [0.29, 0.717) is 11.3 Å². The maximum Gasteiger partial charge on any atom is 0.335 e. The van der Waals surface area contributed by atoms with Crippen molar-refractivity contribution < 1.29 is 18.3 Å². The Labute approximate surface area is 116 Å². The van der Waals surface area contributed by atoms with Gasteiger partial charge in [0.25, 0.3) is 10.0 Å². The molecule has 0 saturated carbocycles. The lowest BCUT2D eigenvalue weighted by Crippen LogP contribution is -2.14. The average molecular weight is 292 g/mol. The second-order valence-electron chi connectivity index (χ2n) is 4.13. The van der Waals surface area contributed by atoms with Crippen LogP contribution in [0.3, 0.4) is 0 Å². The molecule has 0 amide bonds. The zero-order chi connectivity index (χ0) is 14.8. The molecule has 0 fully saturated rings. The third kappa shape index (κ3) is 2.94. The first-order valence-electron chi connectivity index (χ1n) is 5.67. The van der Waals surface area contributed by atoms with Gasteiger partial charge in [-0.2, -0.15) is 0 Å². The highest BCUT2D eigenvalue weighted by molar-refractivity contribution is 7.92. The SMILES string of the molecule is Cc1cnccc1NS(=O)(=O)c1cccc(C(=O)O)c1. The lowest BCUT2D eigenvalue weighted by molar-refractivity contribution is 0.0696. The highest BCUT2D eigenvalue weighted by Gasteiger charge is 2.17. The van der Waals surface area contributed by atoms with Crippen LogP contribution in [0.15, 0.2) is 47.6 Å². The maximum atomic E-state index is 12.2. The number of aromatic carboxylic acids is 1. The summed E-state index contributed by atoms with van der Waals surface area (Å²) in [5.41, 5.74) is 0.991. The Kier molecular flexibility index (Phi) is 3.71. The van der Waals surface area contributed by atoms with Crippen LogP contribution in [0.4, 0.5) is 5.69 Å². The zero-order valence-corrected chi connectivity index (χ0v) is 11.4. The summed E-state index contributed by atoms with van der Waals surface area (Å²) < 4.78 is 26.8. The van der Waals surface area contributed by atoms with E-state index in [-0.39, 0.29) is 10.5 Å². The van der Waals surface area contributed by atoms with Crippen LogP contribution >= 0.6 is 0 Å². The Morgan fingerprint density at radius 1 is 1.30 bits per heavy atom. The summed E-state index contributed by atoms with van der Waals surface area (Å²) in [5, 5.41) is 8.89. The van der Waals surface area contributed by atoms with E-state index in [2.05, 4.69) is 9.71 Å². The van der Waals surface area contributed by atoms with E-state index in [0.717, 1.165) is 6.07 Å². The Bertz CT molecular complexity index is 756. The molecule has 2 N–H and O–H groups in total. The number of hydrogen-bond donors (Lipinski definition) is 2. The van der Waals surface area contributed by atoms with Gasteiger partial charge in [0.1, 0.15) is 0 Å². The van der Waals surface area contributed by atoms with Gasteiger partial charge in [0, 0.05) is 12.4 Å². The van der Waals surface area contributed by atoms with Crippen molar-refractivity contribution in [3.63, 3.8) is 0 Å². The Balaban J connectivity index is 2.38. The number of aryl methyl sites for hydroxylation is 1. The van der Waals surface area contributed by atoms with Crippen LogP contribution in [-0.4, -0.2) is 24.5 Å². The number of nitrogens with zero attached hydrogens (tertiary/aromatic N) is 1. The molecule has 2 aromatic rings. The molecule has 1 heterocycles. The van der Waals surface area contributed by atoms with E-state index < -0.39 is 16.0 Å². The lowest BCUT2D eigenvalue weighted by atomic mass is 10.2. The van der Waals surface area contributed by atoms with E-state index in [1.54, 1.807) is 6.92 Å². The summed E-state index contributed by atoms with van der Waals surface area (Å²) in [6.45, 7) is 1.72. The number of carboxylic acids is 1. The molecule has 0 aliphatic rings. The van der Waals surface area contributed by atoms with E-state index in [1.807, 2.05) is 0 Å². The number of carbonyl (C=O) groups is 1. The summed E-state index contributed by atoms with van der Waals surface area (Å²) in [7, 11) is -3.83. The van der Waals surface area contributed by atoms with E-state index in [4.69, 9.17) is 5.11 Å². The van der Waals surface area contributed by atoms with Crippen LogP contribution in [0, 0.1) is 6.92 Å². The molecule has 0 aliphatic heterocycles. The first kappa shape index (κ1) is 14.0. The molecule has 0 unspecified atom stereocenters. The van der Waals surface area contributed by atoms with Crippen molar-refractivity contribution in [2.75, 3.05) is 4.72 Å². The minimum absolute atomic E-state index is 0.0840. The fourth-order valence-electron chi connectivity index (χ4n) is 1.59. The highest BCUT2D eigenvalue weighted by Crippen LogP contribution is 2.19. The molecule has 20 heavy (non-hydrogen) atoms. The summed E-state index contributed by atoms with van der Waals surface area (Å²) >= 11 is 0. The van der Waals surface area contributed by atoms with Crippen molar-refractivity contribution in [3.8, 4) is 0 Å². The molecule has 0 radical (unpaired) electrons. The molecule has 0 spiro atoms. The third-order valence-corrected chi connectivity index (χ3v) is 4.02.